The fraction of sp³-hybridized carbons (Fsp3) is 0.417. The van der Waals surface area contributed by atoms with Crippen molar-refractivity contribution in [2.75, 3.05) is 6.61 Å². The van der Waals surface area contributed by atoms with Crippen LogP contribution in [0.4, 0.5) is 0 Å². The Hall–Kier alpha value is -2.74. The minimum absolute atomic E-state index is 0.0915. The molecule has 170 valence electrons. The van der Waals surface area contributed by atoms with Gasteiger partial charge in [-0.15, -0.1) is 0 Å². The molecular weight excluding hydrogens is 474 g/mol. The van der Waals surface area contributed by atoms with Gasteiger partial charge in [0.1, 0.15) is 12.3 Å². The van der Waals surface area contributed by atoms with Gasteiger partial charge in [0.25, 0.3) is 0 Å². The van der Waals surface area contributed by atoms with Crippen LogP contribution in [0.3, 0.4) is 0 Å². The molecule has 0 fully saturated rings. The van der Waals surface area contributed by atoms with E-state index in [-0.39, 0.29) is 18.5 Å². The summed E-state index contributed by atoms with van der Waals surface area (Å²) in [6.07, 6.45) is 6.94. The van der Waals surface area contributed by atoms with Gasteiger partial charge in [-0.1, -0.05) is 6.92 Å². The van der Waals surface area contributed by atoms with Gasteiger partial charge in [0.05, 0.1) is 12.1 Å². The molecule has 0 aliphatic rings. The molecule has 0 bridgehead atoms. The topological polar surface area (TPSA) is 82.8 Å². The van der Waals surface area contributed by atoms with Crippen LogP contribution in [0.1, 0.15) is 57.0 Å². The fourth-order valence-electron chi connectivity index (χ4n) is 3.76. The van der Waals surface area contributed by atoms with Gasteiger partial charge in [-0.25, -0.2) is 4.52 Å². The Labute approximate surface area is 196 Å². The first-order valence-electron chi connectivity index (χ1n) is 10.9. The van der Waals surface area contributed by atoms with Gasteiger partial charge < -0.3 is 9.47 Å². The molecule has 8 heteroatoms. The van der Waals surface area contributed by atoms with E-state index in [1.54, 1.807) is 13.1 Å². The molecule has 0 amide bonds. The number of ether oxygens (including phenoxy) is 2. The van der Waals surface area contributed by atoms with Crippen molar-refractivity contribution in [2.45, 2.75) is 59.5 Å². The van der Waals surface area contributed by atoms with Crippen molar-refractivity contribution >= 4 is 33.4 Å². The van der Waals surface area contributed by atoms with Gasteiger partial charge in [0.2, 0.25) is 0 Å². The van der Waals surface area contributed by atoms with Crippen LogP contribution in [-0.2, 0) is 38.5 Å². The van der Waals surface area contributed by atoms with Crippen molar-refractivity contribution in [1.82, 2.24) is 14.6 Å². The average Bonchev–Trinajstić information content (AvgIpc) is 3.17. The van der Waals surface area contributed by atoms with E-state index in [1.165, 1.54) is 6.92 Å². The van der Waals surface area contributed by atoms with Crippen molar-refractivity contribution in [2.24, 2.45) is 0 Å². The lowest BCUT2D eigenvalue weighted by atomic mass is 9.95. The van der Waals surface area contributed by atoms with E-state index in [1.807, 2.05) is 16.8 Å². The van der Waals surface area contributed by atoms with Crippen LogP contribution in [-0.4, -0.2) is 33.1 Å². The lowest BCUT2D eigenvalue weighted by Crippen LogP contribution is -2.12. The summed E-state index contributed by atoms with van der Waals surface area (Å²) in [5.41, 5.74) is 5.74. The Morgan fingerprint density at radius 3 is 2.62 bits per heavy atom. The normalized spacial score (nSPS) is 11.0. The number of carbonyl (C=O) groups is 2. The maximum absolute atomic E-state index is 11.7. The number of pyridine rings is 1. The van der Waals surface area contributed by atoms with Crippen molar-refractivity contribution in [3.8, 4) is 11.1 Å². The Bertz CT molecular complexity index is 1110. The molecule has 0 aromatic carbocycles. The highest BCUT2D eigenvalue weighted by Gasteiger charge is 2.20. The third-order valence-electron chi connectivity index (χ3n) is 5.19. The SMILES string of the molecule is CCOC(=O)CCCCc1c(COC(C)=O)nn2c(CC)ccc2c1-c1cncc(Br)c1. The number of fused-ring (bicyclic) bond motifs is 1. The van der Waals surface area contributed by atoms with E-state index in [4.69, 9.17) is 14.6 Å². The number of halogens is 1. The molecule has 3 aromatic heterocycles. The summed E-state index contributed by atoms with van der Waals surface area (Å²) >= 11 is 3.52. The van der Waals surface area contributed by atoms with Gasteiger partial charge in [0.15, 0.2) is 0 Å². The number of hydrogen-bond acceptors (Lipinski definition) is 6. The number of hydrogen-bond donors (Lipinski definition) is 0. The molecule has 0 aliphatic heterocycles. The molecule has 0 N–H and O–H groups in total. The van der Waals surface area contributed by atoms with Gasteiger partial charge in [0, 0.05) is 47.0 Å². The largest absolute Gasteiger partial charge is 0.466 e. The van der Waals surface area contributed by atoms with Crippen LogP contribution < -0.4 is 0 Å². The minimum atomic E-state index is -0.353. The Morgan fingerprint density at radius 2 is 1.94 bits per heavy atom. The molecule has 3 rings (SSSR count). The van der Waals surface area contributed by atoms with Crippen molar-refractivity contribution in [3.63, 3.8) is 0 Å². The van der Waals surface area contributed by atoms with Crippen molar-refractivity contribution in [3.05, 3.63) is 52.0 Å². The average molecular weight is 502 g/mol. The molecule has 0 saturated heterocycles. The monoisotopic (exact) mass is 501 g/mol. The maximum atomic E-state index is 11.7. The van der Waals surface area contributed by atoms with Gasteiger partial charge in [-0.2, -0.15) is 5.10 Å². The Balaban J connectivity index is 2.07. The molecule has 3 heterocycles. The lowest BCUT2D eigenvalue weighted by molar-refractivity contribution is -0.143. The molecule has 3 aromatic rings. The molecule has 32 heavy (non-hydrogen) atoms. The van der Waals surface area contributed by atoms with E-state index in [0.717, 1.165) is 45.2 Å². The summed E-state index contributed by atoms with van der Waals surface area (Å²) in [6, 6.07) is 6.16. The smallest absolute Gasteiger partial charge is 0.305 e. The molecule has 0 unspecified atom stereocenters. The predicted molar refractivity (Wildman–Crippen MR) is 125 cm³/mol. The number of aryl methyl sites for hydroxylation is 1. The molecular formula is C24H28BrN3O4. The number of carbonyl (C=O) groups excluding carboxylic acids is 2. The summed E-state index contributed by atoms with van der Waals surface area (Å²) in [4.78, 5) is 27.6. The first-order chi connectivity index (χ1) is 15.4. The van der Waals surface area contributed by atoms with Crippen LogP contribution in [0.5, 0.6) is 0 Å². The summed E-state index contributed by atoms with van der Waals surface area (Å²) in [5, 5.41) is 4.85. The number of unbranched alkanes of at least 4 members (excludes halogenated alkanes) is 1. The Morgan fingerprint density at radius 1 is 1.12 bits per heavy atom. The second-order valence-electron chi connectivity index (χ2n) is 7.46. The zero-order valence-corrected chi connectivity index (χ0v) is 20.3. The molecule has 7 nitrogen and oxygen atoms in total. The van der Waals surface area contributed by atoms with Crippen LogP contribution in [0.2, 0.25) is 0 Å². The second kappa shape index (κ2) is 11.2. The van der Waals surface area contributed by atoms with E-state index >= 15 is 0 Å². The number of aromatic nitrogens is 3. The minimum Gasteiger partial charge on any atom is -0.466 e. The summed E-state index contributed by atoms with van der Waals surface area (Å²) in [7, 11) is 0. The van der Waals surface area contributed by atoms with E-state index < -0.39 is 0 Å². The molecule has 0 radical (unpaired) electrons. The molecule has 0 atom stereocenters. The molecule has 0 saturated carbocycles. The number of esters is 2. The summed E-state index contributed by atoms with van der Waals surface area (Å²) in [6.45, 7) is 5.76. The van der Waals surface area contributed by atoms with Crippen molar-refractivity contribution in [1.29, 1.82) is 0 Å². The summed E-state index contributed by atoms with van der Waals surface area (Å²) in [5.74, 6) is -0.536. The quantitative estimate of drug-likeness (QED) is 0.285. The van der Waals surface area contributed by atoms with E-state index in [2.05, 4.69) is 40.0 Å². The highest BCUT2D eigenvalue weighted by atomic mass is 79.9. The molecule has 0 aliphatic carbocycles. The van der Waals surface area contributed by atoms with E-state index in [9.17, 15) is 9.59 Å². The van der Waals surface area contributed by atoms with Gasteiger partial charge in [-0.3, -0.25) is 14.6 Å². The molecule has 0 spiro atoms. The number of nitrogens with zero attached hydrogens (tertiary/aromatic N) is 3. The van der Waals surface area contributed by atoms with E-state index in [0.29, 0.717) is 31.6 Å². The van der Waals surface area contributed by atoms with Crippen LogP contribution in [0, 0.1) is 0 Å². The highest BCUT2D eigenvalue weighted by Crippen LogP contribution is 2.34. The van der Waals surface area contributed by atoms with Crippen LogP contribution >= 0.6 is 15.9 Å². The van der Waals surface area contributed by atoms with Crippen LogP contribution in [0.15, 0.2) is 35.1 Å². The van der Waals surface area contributed by atoms with Gasteiger partial charge in [-0.05, 0) is 72.3 Å². The first-order valence-corrected chi connectivity index (χ1v) is 11.7. The van der Waals surface area contributed by atoms with Crippen molar-refractivity contribution < 1.29 is 19.1 Å². The predicted octanol–water partition coefficient (Wildman–Crippen LogP) is 5.06. The number of rotatable bonds is 10. The third kappa shape index (κ3) is 5.73. The zero-order chi connectivity index (χ0) is 23.1. The maximum Gasteiger partial charge on any atom is 0.305 e. The lowest BCUT2D eigenvalue weighted by Gasteiger charge is -2.17. The van der Waals surface area contributed by atoms with Gasteiger partial charge >= 0.3 is 11.9 Å². The zero-order valence-electron chi connectivity index (χ0n) is 18.7. The first kappa shape index (κ1) is 23.9. The standard InChI is InChI=1S/C24H28BrN3O4/c1-4-19-10-11-22-24(17-12-18(25)14-26-13-17)20(8-6-7-9-23(30)31-5-2)21(27-28(19)22)15-32-16(3)29/h10-14H,4-9,15H2,1-3H3. The highest BCUT2D eigenvalue weighted by molar-refractivity contribution is 9.10. The fourth-order valence-corrected chi connectivity index (χ4v) is 4.12. The van der Waals surface area contributed by atoms with Crippen LogP contribution in [0.25, 0.3) is 16.6 Å². The second-order valence-corrected chi connectivity index (χ2v) is 8.38. The summed E-state index contributed by atoms with van der Waals surface area (Å²) < 4.78 is 13.2. The third-order valence-corrected chi connectivity index (χ3v) is 5.63. The Kier molecular flexibility index (Phi) is 8.39.